The number of nitrogens with zero attached hydrogens (tertiary/aromatic N) is 1. The van der Waals surface area contributed by atoms with E-state index in [9.17, 15) is 4.79 Å². The summed E-state index contributed by atoms with van der Waals surface area (Å²) in [5.41, 5.74) is 6.33. The van der Waals surface area contributed by atoms with Gasteiger partial charge in [-0.25, -0.2) is 0 Å². The SMILES string of the molecule is CC1(C)CCN(C(=O)CC2CCC(N)CC2)CC1. The standard InChI is InChI=1S/C15H28N2O/c1-15(2)7-9-17(10-8-15)14(18)11-12-3-5-13(16)6-4-12/h12-13H,3-11,16H2,1-2H3. The Morgan fingerprint density at radius 1 is 1.17 bits per heavy atom. The van der Waals surface area contributed by atoms with E-state index in [0.29, 0.717) is 23.3 Å². The van der Waals surface area contributed by atoms with Gasteiger partial charge in [0.1, 0.15) is 0 Å². The molecule has 2 fully saturated rings. The number of carbonyl (C=O) groups excluding carboxylic acids is 1. The number of hydrogen-bond acceptors (Lipinski definition) is 2. The highest BCUT2D eigenvalue weighted by atomic mass is 16.2. The zero-order chi connectivity index (χ0) is 13.2. The first-order chi connectivity index (χ1) is 8.46. The fourth-order valence-corrected chi connectivity index (χ4v) is 3.13. The molecule has 1 saturated carbocycles. The Morgan fingerprint density at radius 2 is 1.72 bits per heavy atom. The lowest BCUT2D eigenvalue weighted by Gasteiger charge is -2.37. The molecule has 0 unspecified atom stereocenters. The summed E-state index contributed by atoms with van der Waals surface area (Å²) < 4.78 is 0. The van der Waals surface area contributed by atoms with Crippen LogP contribution in [0.4, 0.5) is 0 Å². The predicted octanol–water partition coefficient (Wildman–Crippen LogP) is 2.54. The van der Waals surface area contributed by atoms with Gasteiger partial charge in [-0.05, 0) is 49.9 Å². The molecule has 1 saturated heterocycles. The molecule has 18 heavy (non-hydrogen) atoms. The maximum Gasteiger partial charge on any atom is 0.222 e. The highest BCUT2D eigenvalue weighted by molar-refractivity contribution is 5.76. The molecule has 2 aliphatic rings. The van der Waals surface area contributed by atoms with Crippen molar-refractivity contribution in [3.8, 4) is 0 Å². The number of piperidine rings is 1. The van der Waals surface area contributed by atoms with Gasteiger partial charge in [0.15, 0.2) is 0 Å². The largest absolute Gasteiger partial charge is 0.343 e. The molecule has 0 atom stereocenters. The molecule has 1 aliphatic carbocycles. The van der Waals surface area contributed by atoms with Gasteiger partial charge in [-0.3, -0.25) is 4.79 Å². The number of carbonyl (C=O) groups is 1. The van der Waals surface area contributed by atoms with Gasteiger partial charge >= 0.3 is 0 Å². The minimum absolute atomic E-state index is 0.381. The van der Waals surface area contributed by atoms with Crippen LogP contribution in [0.5, 0.6) is 0 Å². The van der Waals surface area contributed by atoms with E-state index in [4.69, 9.17) is 5.73 Å². The normalized spacial score (nSPS) is 32.3. The molecule has 2 N–H and O–H groups in total. The topological polar surface area (TPSA) is 46.3 Å². The maximum atomic E-state index is 12.3. The van der Waals surface area contributed by atoms with Crippen LogP contribution in [-0.2, 0) is 4.79 Å². The lowest BCUT2D eigenvalue weighted by Crippen LogP contribution is -2.42. The van der Waals surface area contributed by atoms with E-state index < -0.39 is 0 Å². The highest BCUT2D eigenvalue weighted by Gasteiger charge is 2.29. The van der Waals surface area contributed by atoms with E-state index in [1.165, 1.54) is 0 Å². The maximum absolute atomic E-state index is 12.3. The van der Waals surface area contributed by atoms with Crippen LogP contribution in [0.25, 0.3) is 0 Å². The van der Waals surface area contributed by atoms with Crippen molar-refractivity contribution in [2.24, 2.45) is 17.1 Å². The summed E-state index contributed by atoms with van der Waals surface area (Å²) in [4.78, 5) is 14.3. The van der Waals surface area contributed by atoms with Gasteiger partial charge in [0.05, 0.1) is 0 Å². The van der Waals surface area contributed by atoms with Crippen LogP contribution < -0.4 is 5.73 Å². The van der Waals surface area contributed by atoms with E-state index in [2.05, 4.69) is 18.7 Å². The zero-order valence-electron chi connectivity index (χ0n) is 12.0. The lowest BCUT2D eigenvalue weighted by atomic mass is 9.81. The molecule has 104 valence electrons. The second kappa shape index (κ2) is 5.60. The quantitative estimate of drug-likeness (QED) is 0.821. The first-order valence-electron chi connectivity index (χ1n) is 7.50. The van der Waals surface area contributed by atoms with Gasteiger partial charge in [0.25, 0.3) is 0 Å². The van der Waals surface area contributed by atoms with E-state index in [-0.39, 0.29) is 0 Å². The second-order valence-corrected chi connectivity index (χ2v) is 7.03. The molecule has 0 aromatic rings. The first kappa shape index (κ1) is 13.9. The van der Waals surface area contributed by atoms with Gasteiger partial charge in [-0.1, -0.05) is 13.8 Å². The number of rotatable bonds is 2. The highest BCUT2D eigenvalue weighted by Crippen LogP contribution is 2.31. The molecule has 0 radical (unpaired) electrons. The Kier molecular flexibility index (Phi) is 4.31. The Morgan fingerprint density at radius 3 is 2.28 bits per heavy atom. The van der Waals surface area contributed by atoms with Crippen molar-refractivity contribution in [3.63, 3.8) is 0 Å². The van der Waals surface area contributed by atoms with Gasteiger partial charge in [0, 0.05) is 25.6 Å². The van der Waals surface area contributed by atoms with Crippen molar-refractivity contribution >= 4 is 5.91 Å². The molecule has 0 spiro atoms. The van der Waals surface area contributed by atoms with Crippen LogP contribution in [-0.4, -0.2) is 29.9 Å². The Bertz CT molecular complexity index is 283. The molecule has 0 bridgehead atoms. The molecule has 1 amide bonds. The Balaban J connectivity index is 1.75. The van der Waals surface area contributed by atoms with Crippen LogP contribution in [0.1, 0.15) is 58.8 Å². The van der Waals surface area contributed by atoms with Crippen LogP contribution in [0.2, 0.25) is 0 Å². The molecule has 1 heterocycles. The van der Waals surface area contributed by atoms with Gasteiger partial charge in [-0.15, -0.1) is 0 Å². The summed E-state index contributed by atoms with van der Waals surface area (Å²) >= 11 is 0. The van der Waals surface area contributed by atoms with Gasteiger partial charge < -0.3 is 10.6 Å². The summed E-state index contributed by atoms with van der Waals surface area (Å²) in [6, 6.07) is 0.382. The predicted molar refractivity (Wildman–Crippen MR) is 74.1 cm³/mol. The summed E-state index contributed by atoms with van der Waals surface area (Å²) in [6.07, 6.45) is 7.55. The molecule has 3 heteroatoms. The number of likely N-dealkylation sites (tertiary alicyclic amines) is 1. The van der Waals surface area contributed by atoms with Crippen LogP contribution in [0, 0.1) is 11.3 Å². The molecule has 0 aromatic heterocycles. The van der Waals surface area contributed by atoms with Crippen molar-refractivity contribution in [2.75, 3.05) is 13.1 Å². The average molecular weight is 252 g/mol. The van der Waals surface area contributed by atoms with Gasteiger partial charge in [-0.2, -0.15) is 0 Å². The third-order valence-electron chi connectivity index (χ3n) is 4.82. The van der Waals surface area contributed by atoms with Crippen molar-refractivity contribution in [1.82, 2.24) is 4.90 Å². The van der Waals surface area contributed by atoms with Crippen molar-refractivity contribution < 1.29 is 4.79 Å². The molecule has 2 rings (SSSR count). The van der Waals surface area contributed by atoms with Crippen molar-refractivity contribution in [1.29, 1.82) is 0 Å². The van der Waals surface area contributed by atoms with Crippen LogP contribution >= 0.6 is 0 Å². The average Bonchev–Trinajstić information content (AvgIpc) is 2.32. The van der Waals surface area contributed by atoms with Crippen molar-refractivity contribution in [3.05, 3.63) is 0 Å². The van der Waals surface area contributed by atoms with Crippen LogP contribution in [0.3, 0.4) is 0 Å². The van der Waals surface area contributed by atoms with E-state index in [1.54, 1.807) is 0 Å². The third-order valence-corrected chi connectivity index (χ3v) is 4.82. The number of nitrogens with two attached hydrogens (primary N) is 1. The van der Waals surface area contributed by atoms with Gasteiger partial charge in [0.2, 0.25) is 5.91 Å². The number of amides is 1. The Labute approximate surface area is 111 Å². The molecular formula is C15H28N2O. The third kappa shape index (κ3) is 3.71. The first-order valence-corrected chi connectivity index (χ1v) is 7.50. The molecule has 1 aliphatic heterocycles. The van der Waals surface area contributed by atoms with Crippen LogP contribution in [0.15, 0.2) is 0 Å². The monoisotopic (exact) mass is 252 g/mol. The van der Waals surface area contributed by atoms with E-state index in [1.807, 2.05) is 0 Å². The smallest absolute Gasteiger partial charge is 0.222 e. The summed E-state index contributed by atoms with van der Waals surface area (Å²) in [5, 5.41) is 0. The molecule has 3 nitrogen and oxygen atoms in total. The van der Waals surface area contributed by atoms with Crippen molar-refractivity contribution in [2.45, 2.75) is 64.8 Å². The minimum atomic E-state index is 0.381. The molecular weight excluding hydrogens is 224 g/mol. The molecule has 0 aromatic carbocycles. The minimum Gasteiger partial charge on any atom is -0.343 e. The van der Waals surface area contributed by atoms with E-state index >= 15 is 0 Å². The zero-order valence-corrected chi connectivity index (χ0v) is 12.0. The summed E-state index contributed by atoms with van der Waals surface area (Å²) in [5.74, 6) is 0.971. The van der Waals surface area contributed by atoms with E-state index in [0.717, 1.165) is 58.0 Å². The fourth-order valence-electron chi connectivity index (χ4n) is 3.13. The fraction of sp³-hybridized carbons (Fsp3) is 0.933. The Hall–Kier alpha value is -0.570. The lowest BCUT2D eigenvalue weighted by molar-refractivity contribution is -0.134. The number of hydrogen-bond donors (Lipinski definition) is 1. The summed E-state index contributed by atoms with van der Waals surface area (Å²) in [7, 11) is 0. The second-order valence-electron chi connectivity index (χ2n) is 7.03. The summed E-state index contributed by atoms with van der Waals surface area (Å²) in [6.45, 7) is 6.52.